The zero-order valence-electron chi connectivity index (χ0n) is 15.5. The maximum Gasteiger partial charge on any atom is 0.233 e. The fraction of sp³-hybridized carbons (Fsp3) is 0.190. The number of benzene rings is 2. The van der Waals surface area contributed by atoms with Gasteiger partial charge < -0.3 is 10.6 Å². The first kappa shape index (κ1) is 17.9. The van der Waals surface area contributed by atoms with Crippen molar-refractivity contribution in [3.63, 3.8) is 0 Å². The minimum Gasteiger partial charge on any atom is -0.326 e. The average molecular weight is 378 g/mol. The van der Waals surface area contributed by atoms with Crippen LogP contribution in [0.3, 0.4) is 0 Å². The summed E-state index contributed by atoms with van der Waals surface area (Å²) in [5.41, 5.74) is 3.61. The minimum atomic E-state index is -0.703. The van der Waals surface area contributed by atoms with Crippen molar-refractivity contribution in [2.45, 2.75) is 26.2 Å². The third-order valence-corrected chi connectivity index (χ3v) is 4.73. The van der Waals surface area contributed by atoms with Crippen LogP contribution >= 0.6 is 0 Å². The third kappa shape index (κ3) is 3.38. The molecular weight excluding hydrogens is 359 g/mol. The van der Waals surface area contributed by atoms with Crippen molar-refractivity contribution in [2.24, 2.45) is 0 Å². The number of carbonyl (C=O) groups excluding carboxylic acids is 2. The molecular formula is C21H19FN4O2. The van der Waals surface area contributed by atoms with E-state index in [4.69, 9.17) is 0 Å². The molecule has 2 N–H and O–H groups in total. The van der Waals surface area contributed by atoms with Gasteiger partial charge in [-0.2, -0.15) is 5.10 Å². The Kier molecular flexibility index (Phi) is 4.43. The van der Waals surface area contributed by atoms with Crippen molar-refractivity contribution in [1.82, 2.24) is 9.78 Å². The minimum absolute atomic E-state index is 0.00210. The van der Waals surface area contributed by atoms with Crippen LogP contribution in [0.4, 0.5) is 15.9 Å². The molecule has 1 aromatic heterocycles. The van der Waals surface area contributed by atoms with Crippen LogP contribution in [0, 0.1) is 19.7 Å². The van der Waals surface area contributed by atoms with Crippen LogP contribution in [0.2, 0.25) is 0 Å². The zero-order valence-corrected chi connectivity index (χ0v) is 15.5. The van der Waals surface area contributed by atoms with E-state index >= 15 is 0 Å². The Morgan fingerprint density at radius 3 is 2.68 bits per heavy atom. The fourth-order valence-electron chi connectivity index (χ4n) is 3.36. The van der Waals surface area contributed by atoms with E-state index in [2.05, 4.69) is 15.7 Å². The van der Waals surface area contributed by atoms with E-state index in [9.17, 15) is 14.0 Å². The number of nitrogens with zero attached hydrogens (tertiary/aromatic N) is 2. The number of anilines is 2. The summed E-state index contributed by atoms with van der Waals surface area (Å²) in [6, 6.07) is 13.6. The molecule has 7 heteroatoms. The van der Waals surface area contributed by atoms with Crippen LogP contribution in [0.15, 0.2) is 48.5 Å². The van der Waals surface area contributed by atoms with E-state index in [0.29, 0.717) is 17.1 Å². The largest absolute Gasteiger partial charge is 0.326 e. The highest BCUT2D eigenvalue weighted by Gasteiger charge is 2.31. The zero-order chi connectivity index (χ0) is 19.8. The summed E-state index contributed by atoms with van der Waals surface area (Å²) in [6.07, 6.45) is 0.00210. The molecule has 4 rings (SSSR count). The summed E-state index contributed by atoms with van der Waals surface area (Å²) in [7, 11) is 0. The Labute approximate surface area is 161 Å². The second kappa shape index (κ2) is 6.92. The molecule has 3 aromatic rings. The SMILES string of the molecule is Cc1ccc(-n2nc(C)cc2NC(=O)[C@H]2CC(=O)Nc3cc(F)ccc32)cc1. The van der Waals surface area contributed by atoms with Gasteiger partial charge >= 0.3 is 0 Å². The molecule has 0 radical (unpaired) electrons. The second-order valence-electron chi connectivity index (χ2n) is 6.94. The van der Waals surface area contributed by atoms with Gasteiger partial charge in [0.25, 0.3) is 0 Å². The summed E-state index contributed by atoms with van der Waals surface area (Å²) in [6.45, 7) is 3.84. The number of hydrogen-bond donors (Lipinski definition) is 2. The fourth-order valence-corrected chi connectivity index (χ4v) is 3.36. The Balaban J connectivity index is 1.65. The highest BCUT2D eigenvalue weighted by molar-refractivity contribution is 6.04. The molecule has 0 saturated carbocycles. The van der Waals surface area contributed by atoms with Crippen molar-refractivity contribution in [3.8, 4) is 5.69 Å². The van der Waals surface area contributed by atoms with Gasteiger partial charge in [0, 0.05) is 18.2 Å². The smallest absolute Gasteiger partial charge is 0.233 e. The number of amides is 2. The topological polar surface area (TPSA) is 76.0 Å². The van der Waals surface area contributed by atoms with Crippen LogP contribution in [-0.4, -0.2) is 21.6 Å². The summed E-state index contributed by atoms with van der Waals surface area (Å²) in [5, 5.41) is 9.95. The van der Waals surface area contributed by atoms with Crippen molar-refractivity contribution < 1.29 is 14.0 Å². The molecule has 142 valence electrons. The predicted molar refractivity (Wildman–Crippen MR) is 104 cm³/mol. The molecule has 0 fully saturated rings. The van der Waals surface area contributed by atoms with Crippen molar-refractivity contribution in [3.05, 3.63) is 71.2 Å². The van der Waals surface area contributed by atoms with E-state index < -0.39 is 11.7 Å². The molecule has 1 aliphatic rings. The Hall–Kier alpha value is -3.48. The van der Waals surface area contributed by atoms with Crippen LogP contribution in [0.25, 0.3) is 5.69 Å². The van der Waals surface area contributed by atoms with Gasteiger partial charge in [0.05, 0.1) is 17.3 Å². The number of aryl methyl sites for hydroxylation is 2. The number of rotatable bonds is 3. The van der Waals surface area contributed by atoms with E-state index in [1.165, 1.54) is 18.2 Å². The maximum atomic E-state index is 13.5. The van der Waals surface area contributed by atoms with E-state index in [-0.39, 0.29) is 18.2 Å². The summed E-state index contributed by atoms with van der Waals surface area (Å²) < 4.78 is 15.2. The first-order valence-corrected chi connectivity index (χ1v) is 8.94. The lowest BCUT2D eigenvalue weighted by atomic mass is 9.89. The van der Waals surface area contributed by atoms with Gasteiger partial charge in [-0.3, -0.25) is 9.59 Å². The van der Waals surface area contributed by atoms with Crippen molar-refractivity contribution in [2.75, 3.05) is 10.6 Å². The number of fused-ring (bicyclic) bond motifs is 1. The maximum absolute atomic E-state index is 13.5. The normalized spacial score (nSPS) is 15.7. The molecule has 0 saturated heterocycles. The van der Waals surface area contributed by atoms with Crippen LogP contribution in [0.5, 0.6) is 0 Å². The molecule has 0 aliphatic carbocycles. The van der Waals surface area contributed by atoms with Crippen LogP contribution in [0.1, 0.15) is 29.2 Å². The lowest BCUT2D eigenvalue weighted by Crippen LogP contribution is -2.31. The third-order valence-electron chi connectivity index (χ3n) is 4.73. The Bertz CT molecular complexity index is 1070. The quantitative estimate of drug-likeness (QED) is 0.730. The predicted octanol–water partition coefficient (Wildman–Crippen LogP) is 3.69. The van der Waals surface area contributed by atoms with Crippen molar-refractivity contribution in [1.29, 1.82) is 0 Å². The number of nitrogens with one attached hydrogen (secondary N) is 2. The van der Waals surface area contributed by atoms with E-state index in [1.54, 1.807) is 10.7 Å². The first-order chi connectivity index (χ1) is 13.4. The lowest BCUT2D eigenvalue weighted by molar-refractivity contribution is -0.123. The van der Waals surface area contributed by atoms with Gasteiger partial charge in [-0.1, -0.05) is 23.8 Å². The lowest BCUT2D eigenvalue weighted by Gasteiger charge is -2.25. The number of halogens is 1. The molecule has 2 aromatic carbocycles. The van der Waals surface area contributed by atoms with Gasteiger partial charge in [0.1, 0.15) is 11.6 Å². The molecule has 0 bridgehead atoms. The highest BCUT2D eigenvalue weighted by Crippen LogP contribution is 2.33. The summed E-state index contributed by atoms with van der Waals surface area (Å²) in [4.78, 5) is 25.0. The molecule has 1 atom stereocenters. The van der Waals surface area contributed by atoms with Gasteiger partial charge in [-0.25, -0.2) is 9.07 Å². The molecule has 2 amide bonds. The molecule has 2 heterocycles. The highest BCUT2D eigenvalue weighted by atomic mass is 19.1. The molecule has 0 unspecified atom stereocenters. The Morgan fingerprint density at radius 1 is 1.18 bits per heavy atom. The first-order valence-electron chi connectivity index (χ1n) is 8.94. The number of hydrogen-bond acceptors (Lipinski definition) is 3. The van der Waals surface area contributed by atoms with Crippen LogP contribution in [-0.2, 0) is 9.59 Å². The monoisotopic (exact) mass is 378 g/mol. The molecule has 28 heavy (non-hydrogen) atoms. The summed E-state index contributed by atoms with van der Waals surface area (Å²) in [5.74, 6) is -1.31. The van der Waals surface area contributed by atoms with Gasteiger partial charge in [0.2, 0.25) is 11.8 Å². The van der Waals surface area contributed by atoms with Crippen molar-refractivity contribution >= 4 is 23.3 Å². The summed E-state index contributed by atoms with van der Waals surface area (Å²) >= 11 is 0. The van der Waals surface area contributed by atoms with Gasteiger partial charge in [-0.15, -0.1) is 0 Å². The number of aromatic nitrogens is 2. The van der Waals surface area contributed by atoms with Crippen LogP contribution < -0.4 is 10.6 Å². The Morgan fingerprint density at radius 2 is 1.93 bits per heavy atom. The second-order valence-corrected chi connectivity index (χ2v) is 6.94. The molecule has 6 nitrogen and oxygen atoms in total. The van der Waals surface area contributed by atoms with Gasteiger partial charge in [0.15, 0.2) is 0 Å². The molecule has 1 aliphatic heterocycles. The van der Waals surface area contributed by atoms with E-state index in [1.807, 2.05) is 38.1 Å². The average Bonchev–Trinajstić information content (AvgIpc) is 3.01. The molecule has 0 spiro atoms. The van der Waals surface area contributed by atoms with E-state index in [0.717, 1.165) is 16.9 Å². The number of carbonyl (C=O) groups is 2. The van der Waals surface area contributed by atoms with Gasteiger partial charge in [-0.05, 0) is 43.7 Å². The standard InChI is InChI=1S/C21H19FN4O2/c1-12-3-6-15(7-4-12)26-19(9-13(2)25-26)24-21(28)17-11-20(27)23-18-10-14(22)5-8-16(17)18/h3-10,17H,11H2,1-2H3,(H,23,27)(H,24,28)/t17-/m0/s1.